The Morgan fingerprint density at radius 2 is 2.08 bits per heavy atom. The predicted molar refractivity (Wildman–Crippen MR) is 56.1 cm³/mol. The Morgan fingerprint density at radius 3 is 2.62 bits per heavy atom. The Bertz CT molecular complexity index is 354. The van der Waals surface area contributed by atoms with Crippen molar-refractivity contribution in [3.8, 4) is 0 Å². The Labute approximate surface area is 90.2 Å². The molecule has 13 heavy (non-hydrogen) atoms. The molecule has 0 radical (unpaired) electrons. The van der Waals surface area contributed by atoms with Crippen LogP contribution >= 0.6 is 27.5 Å². The maximum Gasteiger partial charge on any atom is 0.134 e. The lowest BCUT2D eigenvalue weighted by molar-refractivity contribution is -0.124. The van der Waals surface area contributed by atoms with Gasteiger partial charge in [0.25, 0.3) is 0 Å². The fourth-order valence-corrected chi connectivity index (χ4v) is 2.37. The molecule has 68 valence electrons. The minimum Gasteiger partial charge on any atom is -0.300 e. The zero-order valence-corrected chi connectivity index (χ0v) is 9.23. The summed E-state index contributed by atoms with van der Waals surface area (Å²) in [7, 11) is 0. The average Bonchev–Trinajstić information content (AvgIpc) is 2.00. The van der Waals surface area contributed by atoms with Crippen LogP contribution in [-0.2, 0) is 4.79 Å². The summed E-state index contributed by atoms with van der Waals surface area (Å²) in [6.07, 6.45) is 1.31. The second kappa shape index (κ2) is 3.43. The van der Waals surface area contributed by atoms with Gasteiger partial charge in [-0.05, 0) is 23.6 Å². The summed E-state index contributed by atoms with van der Waals surface area (Å²) in [5.41, 5.74) is 1.10. The summed E-state index contributed by atoms with van der Waals surface area (Å²) in [6, 6.07) is 5.83. The number of halogens is 2. The molecule has 0 amide bonds. The van der Waals surface area contributed by atoms with Gasteiger partial charge in [-0.15, -0.1) is 0 Å². The largest absolute Gasteiger partial charge is 0.300 e. The number of ketones is 1. The highest BCUT2D eigenvalue weighted by atomic mass is 79.9. The van der Waals surface area contributed by atoms with Crippen LogP contribution in [0.25, 0.3) is 0 Å². The van der Waals surface area contributed by atoms with Crippen LogP contribution in [-0.4, -0.2) is 5.78 Å². The van der Waals surface area contributed by atoms with Gasteiger partial charge in [-0.3, -0.25) is 4.79 Å². The van der Waals surface area contributed by atoms with Gasteiger partial charge in [0.2, 0.25) is 0 Å². The molecule has 0 unspecified atom stereocenters. The molecule has 3 heteroatoms. The van der Waals surface area contributed by atoms with Gasteiger partial charge in [-0.1, -0.05) is 33.6 Å². The maximum atomic E-state index is 10.8. The lowest BCUT2D eigenvalue weighted by atomic mass is 9.79. The molecule has 0 aliphatic heterocycles. The first-order valence-corrected chi connectivity index (χ1v) is 5.30. The van der Waals surface area contributed by atoms with Crippen molar-refractivity contribution in [3.63, 3.8) is 0 Å². The van der Waals surface area contributed by atoms with Gasteiger partial charge in [0.05, 0.1) is 0 Å². The molecule has 0 bridgehead atoms. The molecule has 1 aliphatic rings. The zero-order chi connectivity index (χ0) is 9.42. The summed E-state index contributed by atoms with van der Waals surface area (Å²) in [4.78, 5) is 10.8. The van der Waals surface area contributed by atoms with Crippen molar-refractivity contribution in [2.24, 2.45) is 0 Å². The van der Waals surface area contributed by atoms with Gasteiger partial charge in [-0.2, -0.15) is 0 Å². The van der Waals surface area contributed by atoms with Crippen LogP contribution in [0, 0.1) is 0 Å². The van der Waals surface area contributed by atoms with E-state index >= 15 is 0 Å². The van der Waals surface area contributed by atoms with Crippen LogP contribution in [0.15, 0.2) is 22.7 Å². The molecule has 0 saturated heterocycles. The lowest BCUT2D eigenvalue weighted by Crippen LogP contribution is -2.21. The second-order valence-electron chi connectivity index (χ2n) is 3.31. The first-order valence-electron chi connectivity index (χ1n) is 4.13. The third-order valence-corrected chi connectivity index (χ3v) is 3.17. The van der Waals surface area contributed by atoms with Crippen LogP contribution in [0.2, 0.25) is 5.02 Å². The number of hydrogen-bond donors (Lipinski definition) is 0. The van der Waals surface area contributed by atoms with Crippen molar-refractivity contribution in [1.82, 2.24) is 0 Å². The van der Waals surface area contributed by atoms with Gasteiger partial charge >= 0.3 is 0 Å². The molecular formula is C10H8BrClO. The third kappa shape index (κ3) is 1.79. The van der Waals surface area contributed by atoms with Crippen molar-refractivity contribution < 1.29 is 4.79 Å². The van der Waals surface area contributed by atoms with E-state index in [0.29, 0.717) is 24.5 Å². The van der Waals surface area contributed by atoms with E-state index in [9.17, 15) is 4.79 Å². The number of rotatable bonds is 1. The highest BCUT2D eigenvalue weighted by molar-refractivity contribution is 9.10. The smallest absolute Gasteiger partial charge is 0.134 e. The highest BCUT2D eigenvalue weighted by Gasteiger charge is 2.29. The Morgan fingerprint density at radius 1 is 1.38 bits per heavy atom. The molecule has 1 aromatic carbocycles. The van der Waals surface area contributed by atoms with Gasteiger partial charge < -0.3 is 0 Å². The molecule has 0 atom stereocenters. The fraction of sp³-hybridized carbons (Fsp3) is 0.300. The monoisotopic (exact) mass is 258 g/mol. The minimum atomic E-state index is 0.337. The molecule has 1 aliphatic carbocycles. The molecule has 0 heterocycles. The quantitative estimate of drug-likeness (QED) is 0.754. The summed E-state index contributed by atoms with van der Waals surface area (Å²) < 4.78 is 0.979. The van der Waals surface area contributed by atoms with Crippen molar-refractivity contribution in [1.29, 1.82) is 0 Å². The van der Waals surface area contributed by atoms with Crippen molar-refractivity contribution in [2.75, 3.05) is 0 Å². The molecular weight excluding hydrogens is 251 g/mol. The van der Waals surface area contributed by atoms with E-state index in [0.717, 1.165) is 15.1 Å². The zero-order valence-electron chi connectivity index (χ0n) is 6.89. The van der Waals surface area contributed by atoms with Crippen LogP contribution in [0.3, 0.4) is 0 Å². The summed E-state index contributed by atoms with van der Waals surface area (Å²) >= 11 is 9.39. The average molecular weight is 260 g/mol. The predicted octanol–water partition coefficient (Wildman–Crippen LogP) is 3.55. The Hall–Kier alpha value is -0.340. The van der Waals surface area contributed by atoms with Crippen LogP contribution in [0.5, 0.6) is 0 Å². The van der Waals surface area contributed by atoms with Gasteiger partial charge in [-0.25, -0.2) is 0 Å². The third-order valence-electron chi connectivity index (χ3n) is 2.35. The van der Waals surface area contributed by atoms with Crippen LogP contribution < -0.4 is 0 Å². The fourth-order valence-electron chi connectivity index (χ4n) is 1.54. The molecule has 0 N–H and O–H groups in total. The van der Waals surface area contributed by atoms with Gasteiger partial charge in [0.1, 0.15) is 5.78 Å². The van der Waals surface area contributed by atoms with Crippen LogP contribution in [0.4, 0.5) is 0 Å². The molecule has 0 spiro atoms. The molecule has 2 rings (SSSR count). The van der Waals surface area contributed by atoms with Gasteiger partial charge in [0, 0.05) is 22.3 Å². The van der Waals surface area contributed by atoms with E-state index in [-0.39, 0.29) is 0 Å². The van der Waals surface area contributed by atoms with Crippen LogP contribution in [0.1, 0.15) is 24.3 Å². The lowest BCUT2D eigenvalue weighted by Gasteiger charge is -2.25. The van der Waals surface area contributed by atoms with Gasteiger partial charge in [0.15, 0.2) is 0 Å². The number of hydrogen-bond acceptors (Lipinski definition) is 1. The minimum absolute atomic E-state index is 0.337. The number of benzene rings is 1. The molecule has 0 aromatic heterocycles. The molecule has 1 fully saturated rings. The van der Waals surface area contributed by atoms with Crippen molar-refractivity contribution in [2.45, 2.75) is 18.8 Å². The molecule has 1 aromatic rings. The van der Waals surface area contributed by atoms with E-state index in [1.165, 1.54) is 0 Å². The number of carbonyl (C=O) groups excluding carboxylic acids is 1. The maximum absolute atomic E-state index is 10.8. The van der Waals surface area contributed by atoms with Crippen molar-refractivity contribution in [3.05, 3.63) is 33.3 Å². The SMILES string of the molecule is O=C1CC(c2ccc(Br)cc2Cl)C1. The Balaban J connectivity index is 2.26. The van der Waals surface area contributed by atoms with E-state index in [1.54, 1.807) is 0 Å². The standard InChI is InChI=1S/C10H8BrClO/c11-7-1-2-9(10(12)5-7)6-3-8(13)4-6/h1-2,5-6H,3-4H2. The van der Waals surface area contributed by atoms with E-state index in [4.69, 9.17) is 11.6 Å². The Kier molecular flexibility index (Phi) is 2.43. The van der Waals surface area contributed by atoms with Crippen molar-refractivity contribution >= 4 is 33.3 Å². The number of carbonyl (C=O) groups is 1. The molecule has 1 nitrogen and oxygen atoms in total. The summed E-state index contributed by atoms with van der Waals surface area (Å²) in [5, 5.41) is 0.756. The first-order chi connectivity index (χ1) is 6.16. The topological polar surface area (TPSA) is 17.1 Å². The number of Topliss-reactive ketones (excluding diaryl/α,β-unsaturated/α-hetero) is 1. The first kappa shape index (κ1) is 9.22. The van der Waals surface area contributed by atoms with E-state index in [1.807, 2.05) is 18.2 Å². The van der Waals surface area contributed by atoms with E-state index in [2.05, 4.69) is 15.9 Å². The highest BCUT2D eigenvalue weighted by Crippen LogP contribution is 2.38. The summed E-state index contributed by atoms with van der Waals surface area (Å²) in [6.45, 7) is 0. The summed E-state index contributed by atoms with van der Waals surface area (Å²) in [5.74, 6) is 0.692. The molecule has 1 saturated carbocycles. The normalized spacial score (nSPS) is 17.2. The second-order valence-corrected chi connectivity index (χ2v) is 4.63. The van der Waals surface area contributed by atoms with E-state index < -0.39 is 0 Å².